The lowest BCUT2D eigenvalue weighted by molar-refractivity contribution is -0.139. The topological polar surface area (TPSA) is 86.0 Å². The van der Waals surface area contributed by atoms with Gasteiger partial charge in [-0.1, -0.05) is 37.5 Å². The molecule has 0 radical (unpaired) electrons. The minimum atomic E-state index is -1.05. The van der Waals surface area contributed by atoms with Gasteiger partial charge in [0.25, 0.3) is 0 Å². The van der Waals surface area contributed by atoms with Crippen LogP contribution in [0.15, 0.2) is 57.9 Å². The van der Waals surface area contributed by atoms with E-state index in [4.69, 9.17) is 19.0 Å². The van der Waals surface area contributed by atoms with Crippen molar-refractivity contribution in [3.63, 3.8) is 0 Å². The van der Waals surface area contributed by atoms with Crippen molar-refractivity contribution in [2.75, 3.05) is 13.2 Å². The number of ether oxygens (including phenoxy) is 2. The molecule has 0 atom stereocenters. The molecule has 30 heavy (non-hydrogen) atoms. The molecule has 1 N–H and O–H groups in total. The molecule has 1 aromatic heterocycles. The molecule has 1 aliphatic rings. The fraction of sp³-hybridized carbons (Fsp3) is 0.333. The number of aliphatic carboxylic acids is 1. The Morgan fingerprint density at radius 2 is 1.80 bits per heavy atom. The maximum Gasteiger partial charge on any atom is 0.341 e. The van der Waals surface area contributed by atoms with E-state index in [9.17, 15) is 9.59 Å². The summed E-state index contributed by atoms with van der Waals surface area (Å²) in [5, 5.41) is 9.15. The molecular weight excluding hydrogens is 384 g/mol. The Balaban J connectivity index is 1.61. The van der Waals surface area contributed by atoms with Gasteiger partial charge in [0.1, 0.15) is 28.7 Å². The standard InChI is InChI=1S/C24H24O6/c25-22(26)15-28-18-11-9-17(10-12-18)19-14-30-21-8-4-7-20(23(21)24(19)27)29-13-16-5-2-1-3-6-16/h4,7-12,14,16H,1-3,5-6,13,15H2,(H,25,26). The van der Waals surface area contributed by atoms with Crippen molar-refractivity contribution < 1.29 is 23.8 Å². The molecule has 1 heterocycles. The second-order valence-corrected chi connectivity index (χ2v) is 7.63. The van der Waals surface area contributed by atoms with Gasteiger partial charge < -0.3 is 19.0 Å². The van der Waals surface area contributed by atoms with Gasteiger partial charge in [0.05, 0.1) is 12.2 Å². The van der Waals surface area contributed by atoms with Gasteiger partial charge in [-0.25, -0.2) is 4.79 Å². The zero-order valence-corrected chi connectivity index (χ0v) is 16.6. The molecular formula is C24H24O6. The Morgan fingerprint density at radius 3 is 2.53 bits per heavy atom. The minimum absolute atomic E-state index is 0.158. The SMILES string of the molecule is O=C(O)COc1ccc(-c2coc3cccc(OCC4CCCCC4)c3c2=O)cc1. The van der Waals surface area contributed by atoms with Gasteiger partial charge >= 0.3 is 5.97 Å². The van der Waals surface area contributed by atoms with Crippen LogP contribution in [0.25, 0.3) is 22.1 Å². The van der Waals surface area contributed by atoms with Crippen molar-refractivity contribution in [3.05, 3.63) is 59.0 Å². The van der Waals surface area contributed by atoms with Crippen molar-refractivity contribution in [1.29, 1.82) is 0 Å². The van der Waals surface area contributed by atoms with Crippen LogP contribution in [0.2, 0.25) is 0 Å². The average molecular weight is 408 g/mol. The fourth-order valence-corrected chi connectivity index (χ4v) is 3.90. The van der Waals surface area contributed by atoms with Crippen molar-refractivity contribution in [2.45, 2.75) is 32.1 Å². The quantitative estimate of drug-likeness (QED) is 0.599. The van der Waals surface area contributed by atoms with E-state index in [2.05, 4.69) is 0 Å². The van der Waals surface area contributed by atoms with E-state index in [1.807, 2.05) is 12.1 Å². The largest absolute Gasteiger partial charge is 0.492 e. The number of carboxylic acids is 1. The zero-order valence-electron chi connectivity index (χ0n) is 16.6. The van der Waals surface area contributed by atoms with E-state index in [1.165, 1.54) is 38.4 Å². The van der Waals surface area contributed by atoms with Crippen LogP contribution in [0.1, 0.15) is 32.1 Å². The van der Waals surface area contributed by atoms with Gasteiger partial charge in [-0.05, 0) is 48.6 Å². The molecule has 6 nitrogen and oxygen atoms in total. The molecule has 0 amide bonds. The summed E-state index contributed by atoms with van der Waals surface area (Å²) < 4.78 is 16.9. The first-order valence-electron chi connectivity index (χ1n) is 10.2. The van der Waals surface area contributed by atoms with Crippen molar-refractivity contribution in [2.24, 2.45) is 5.92 Å². The Hall–Kier alpha value is -3.28. The molecule has 0 aliphatic heterocycles. The fourth-order valence-electron chi connectivity index (χ4n) is 3.90. The number of carboxylic acid groups (broad SMARTS) is 1. The van der Waals surface area contributed by atoms with Crippen molar-refractivity contribution in [3.8, 4) is 22.6 Å². The molecule has 0 bridgehead atoms. The summed E-state index contributed by atoms with van der Waals surface area (Å²) in [6, 6.07) is 12.1. The third-order valence-electron chi connectivity index (χ3n) is 5.49. The molecule has 156 valence electrons. The second-order valence-electron chi connectivity index (χ2n) is 7.63. The van der Waals surface area contributed by atoms with Crippen LogP contribution in [0.4, 0.5) is 0 Å². The van der Waals surface area contributed by atoms with Crippen LogP contribution in [-0.4, -0.2) is 24.3 Å². The molecule has 0 spiro atoms. The number of carbonyl (C=O) groups is 1. The normalized spacial score (nSPS) is 14.5. The predicted octanol–water partition coefficient (Wildman–Crippen LogP) is 4.88. The van der Waals surface area contributed by atoms with Gasteiger partial charge in [0.2, 0.25) is 5.43 Å². The molecule has 0 unspecified atom stereocenters. The Labute approximate surface area is 174 Å². The van der Waals surface area contributed by atoms with E-state index in [1.54, 1.807) is 30.3 Å². The summed E-state index contributed by atoms with van der Waals surface area (Å²) >= 11 is 0. The lowest BCUT2D eigenvalue weighted by Gasteiger charge is -2.22. The van der Waals surface area contributed by atoms with Gasteiger partial charge in [0, 0.05) is 0 Å². The van der Waals surface area contributed by atoms with E-state index >= 15 is 0 Å². The first-order valence-corrected chi connectivity index (χ1v) is 10.2. The number of benzene rings is 2. The summed E-state index contributed by atoms with van der Waals surface area (Å²) in [4.78, 5) is 23.9. The summed E-state index contributed by atoms with van der Waals surface area (Å²) in [5.74, 6) is 0.454. The minimum Gasteiger partial charge on any atom is -0.492 e. The third-order valence-corrected chi connectivity index (χ3v) is 5.49. The lowest BCUT2D eigenvalue weighted by atomic mass is 9.90. The first-order chi connectivity index (χ1) is 14.6. The molecule has 2 aromatic carbocycles. The molecule has 1 fully saturated rings. The Bertz CT molecular complexity index is 1080. The van der Waals surface area contributed by atoms with Crippen LogP contribution in [0, 0.1) is 5.92 Å². The van der Waals surface area contributed by atoms with Crippen LogP contribution >= 0.6 is 0 Å². The van der Waals surface area contributed by atoms with E-state index in [0.717, 1.165) is 0 Å². The molecule has 4 rings (SSSR count). The number of fused-ring (bicyclic) bond motifs is 1. The molecule has 1 aliphatic carbocycles. The molecule has 6 heteroatoms. The Kier molecular flexibility index (Phi) is 6.02. The van der Waals surface area contributed by atoms with E-state index < -0.39 is 12.6 Å². The smallest absolute Gasteiger partial charge is 0.341 e. The third kappa shape index (κ3) is 4.48. The van der Waals surface area contributed by atoms with Crippen LogP contribution in [0.5, 0.6) is 11.5 Å². The monoisotopic (exact) mass is 408 g/mol. The maximum atomic E-state index is 13.3. The average Bonchev–Trinajstić information content (AvgIpc) is 2.77. The molecule has 1 saturated carbocycles. The second kappa shape index (κ2) is 9.03. The molecule has 3 aromatic rings. The van der Waals surface area contributed by atoms with Crippen LogP contribution in [0.3, 0.4) is 0 Å². The van der Waals surface area contributed by atoms with E-state index in [-0.39, 0.29) is 5.43 Å². The highest BCUT2D eigenvalue weighted by atomic mass is 16.5. The van der Waals surface area contributed by atoms with Crippen LogP contribution < -0.4 is 14.9 Å². The number of hydrogen-bond acceptors (Lipinski definition) is 5. The number of hydrogen-bond donors (Lipinski definition) is 1. The highest BCUT2D eigenvalue weighted by molar-refractivity contribution is 5.87. The van der Waals surface area contributed by atoms with Gasteiger partial charge in [-0.2, -0.15) is 0 Å². The zero-order chi connectivity index (χ0) is 20.9. The van der Waals surface area contributed by atoms with E-state index in [0.29, 0.717) is 46.1 Å². The van der Waals surface area contributed by atoms with Crippen molar-refractivity contribution >= 4 is 16.9 Å². The Morgan fingerprint density at radius 1 is 1.03 bits per heavy atom. The lowest BCUT2D eigenvalue weighted by Crippen LogP contribution is -2.16. The summed E-state index contributed by atoms with van der Waals surface area (Å²) in [6.45, 7) is 0.192. The predicted molar refractivity (Wildman–Crippen MR) is 113 cm³/mol. The molecule has 0 saturated heterocycles. The maximum absolute atomic E-state index is 13.3. The van der Waals surface area contributed by atoms with Gasteiger partial charge in [0.15, 0.2) is 6.61 Å². The first kappa shape index (κ1) is 20.0. The van der Waals surface area contributed by atoms with Crippen molar-refractivity contribution in [1.82, 2.24) is 0 Å². The summed E-state index contributed by atoms with van der Waals surface area (Å²) in [5.41, 5.74) is 1.41. The van der Waals surface area contributed by atoms with Crippen LogP contribution in [-0.2, 0) is 4.79 Å². The highest BCUT2D eigenvalue weighted by Crippen LogP contribution is 2.29. The summed E-state index contributed by atoms with van der Waals surface area (Å²) in [7, 11) is 0. The highest BCUT2D eigenvalue weighted by Gasteiger charge is 2.17. The van der Waals surface area contributed by atoms with Gasteiger partial charge in [-0.15, -0.1) is 0 Å². The number of rotatable bonds is 7. The summed E-state index contributed by atoms with van der Waals surface area (Å²) in [6.07, 6.45) is 7.55. The van der Waals surface area contributed by atoms with Gasteiger partial charge in [-0.3, -0.25) is 4.79 Å².